The zero-order chi connectivity index (χ0) is 23.6. The summed E-state index contributed by atoms with van der Waals surface area (Å²) in [6, 6.07) is 9.68. The highest BCUT2D eigenvalue weighted by molar-refractivity contribution is 9.10. The lowest BCUT2D eigenvalue weighted by atomic mass is 10.1. The molecular formula is C20H16BrF3N2O5. The van der Waals surface area contributed by atoms with Gasteiger partial charge in [-0.25, -0.2) is 9.59 Å². The van der Waals surface area contributed by atoms with Crippen LogP contribution in [0.5, 0.6) is 11.5 Å². The second-order valence-corrected chi connectivity index (χ2v) is 6.57. The molecule has 2 aromatic carbocycles. The van der Waals surface area contributed by atoms with Crippen LogP contribution in [0.3, 0.4) is 0 Å². The molecule has 0 radical (unpaired) electrons. The van der Waals surface area contributed by atoms with Gasteiger partial charge in [0.1, 0.15) is 17.6 Å². The van der Waals surface area contributed by atoms with Gasteiger partial charge in [0.25, 0.3) is 0 Å². The number of benzene rings is 2. The average Bonchev–Trinajstić information content (AvgIpc) is 2.69. The summed E-state index contributed by atoms with van der Waals surface area (Å²) in [7, 11) is 1.78. The van der Waals surface area contributed by atoms with Crippen LogP contribution in [0, 0.1) is 11.3 Å². The van der Waals surface area contributed by atoms with Crippen molar-refractivity contribution < 1.29 is 37.7 Å². The SMILES string of the molecule is CNCc1cc(Oc2cc(C(F)(F)F)ccc2C#N)ccc1Br.O=C(O)/C=C/C(=O)O. The molecule has 0 fully saturated rings. The van der Waals surface area contributed by atoms with Gasteiger partial charge in [-0.1, -0.05) is 15.9 Å². The van der Waals surface area contributed by atoms with E-state index in [1.165, 1.54) is 0 Å². The van der Waals surface area contributed by atoms with Crippen LogP contribution in [0.1, 0.15) is 16.7 Å². The molecule has 0 saturated carbocycles. The van der Waals surface area contributed by atoms with Gasteiger partial charge in [0.15, 0.2) is 0 Å². The Kier molecular flexibility index (Phi) is 9.72. The third kappa shape index (κ3) is 8.90. The molecule has 0 unspecified atom stereocenters. The Morgan fingerprint density at radius 1 is 1.16 bits per heavy atom. The van der Waals surface area contributed by atoms with Gasteiger partial charge in [0.05, 0.1) is 11.1 Å². The Morgan fingerprint density at radius 3 is 2.26 bits per heavy atom. The minimum absolute atomic E-state index is 0.0380. The molecule has 11 heteroatoms. The lowest BCUT2D eigenvalue weighted by Gasteiger charge is -2.13. The van der Waals surface area contributed by atoms with Crippen LogP contribution >= 0.6 is 15.9 Å². The minimum atomic E-state index is -4.50. The summed E-state index contributed by atoms with van der Waals surface area (Å²) in [4.78, 5) is 19.1. The fourth-order valence-electron chi connectivity index (χ4n) is 2.09. The summed E-state index contributed by atoms with van der Waals surface area (Å²) in [6.07, 6.45) is -3.38. The van der Waals surface area contributed by atoms with Gasteiger partial charge in [0, 0.05) is 23.2 Å². The van der Waals surface area contributed by atoms with Gasteiger partial charge in [0.2, 0.25) is 0 Å². The quantitative estimate of drug-likeness (QED) is 0.497. The lowest BCUT2D eigenvalue weighted by Crippen LogP contribution is -2.06. The van der Waals surface area contributed by atoms with E-state index >= 15 is 0 Å². The van der Waals surface area contributed by atoms with Gasteiger partial charge >= 0.3 is 18.1 Å². The monoisotopic (exact) mass is 500 g/mol. The molecule has 0 aliphatic rings. The van der Waals surface area contributed by atoms with Gasteiger partial charge in [-0.2, -0.15) is 18.4 Å². The average molecular weight is 501 g/mol. The summed E-state index contributed by atoms with van der Waals surface area (Å²) >= 11 is 3.39. The smallest absolute Gasteiger partial charge is 0.416 e. The van der Waals surface area contributed by atoms with Crippen LogP contribution in [0.25, 0.3) is 0 Å². The number of nitrogens with one attached hydrogen (secondary N) is 1. The minimum Gasteiger partial charge on any atom is -0.478 e. The fourth-order valence-corrected chi connectivity index (χ4v) is 2.47. The van der Waals surface area contributed by atoms with Crippen molar-refractivity contribution in [2.24, 2.45) is 0 Å². The van der Waals surface area contributed by atoms with Gasteiger partial charge in [-0.3, -0.25) is 0 Å². The van der Waals surface area contributed by atoms with E-state index in [-0.39, 0.29) is 11.3 Å². The summed E-state index contributed by atoms with van der Waals surface area (Å²) in [5.74, 6) is -2.28. The normalized spacial score (nSPS) is 10.7. The summed E-state index contributed by atoms with van der Waals surface area (Å²) in [6.45, 7) is 0.561. The Hall–Kier alpha value is -3.36. The maximum absolute atomic E-state index is 12.8. The topological polar surface area (TPSA) is 120 Å². The van der Waals surface area contributed by atoms with Gasteiger partial charge in [-0.15, -0.1) is 0 Å². The first-order chi connectivity index (χ1) is 14.5. The molecule has 0 heterocycles. The van der Waals surface area contributed by atoms with E-state index in [0.29, 0.717) is 24.4 Å². The molecule has 2 aromatic rings. The molecule has 0 aliphatic carbocycles. The van der Waals surface area contributed by atoms with Crippen LogP contribution in [-0.2, 0) is 22.3 Å². The Bertz CT molecular complexity index is 1000. The van der Waals surface area contributed by atoms with Gasteiger partial charge in [-0.05, 0) is 49.0 Å². The number of alkyl halides is 3. The molecule has 0 aliphatic heterocycles. The summed E-state index contributed by atoms with van der Waals surface area (Å²) in [5.41, 5.74) is 0.0608. The molecule has 0 saturated heterocycles. The Labute approximate surface area is 183 Å². The number of rotatable bonds is 6. The first-order valence-electron chi connectivity index (χ1n) is 8.34. The number of hydrogen-bond donors (Lipinski definition) is 3. The highest BCUT2D eigenvalue weighted by atomic mass is 79.9. The fraction of sp³-hybridized carbons (Fsp3) is 0.150. The lowest BCUT2D eigenvalue weighted by molar-refractivity contribution is -0.137. The van der Waals surface area contributed by atoms with Crippen LogP contribution in [0.2, 0.25) is 0 Å². The number of nitriles is 1. The van der Waals surface area contributed by atoms with E-state index in [1.807, 2.05) is 6.07 Å². The van der Waals surface area contributed by atoms with Crippen molar-refractivity contribution in [1.29, 1.82) is 5.26 Å². The molecule has 3 N–H and O–H groups in total. The molecule has 164 valence electrons. The zero-order valence-electron chi connectivity index (χ0n) is 15.9. The van der Waals surface area contributed by atoms with E-state index < -0.39 is 23.7 Å². The maximum Gasteiger partial charge on any atom is 0.416 e. The van der Waals surface area contributed by atoms with E-state index in [2.05, 4.69) is 21.2 Å². The van der Waals surface area contributed by atoms with E-state index in [9.17, 15) is 22.8 Å². The van der Waals surface area contributed by atoms with Crippen LogP contribution < -0.4 is 10.1 Å². The van der Waals surface area contributed by atoms with Crippen molar-refractivity contribution >= 4 is 27.9 Å². The number of carbonyl (C=O) groups is 2. The van der Waals surface area contributed by atoms with E-state index in [0.717, 1.165) is 28.2 Å². The van der Waals surface area contributed by atoms with Crippen molar-refractivity contribution in [3.05, 3.63) is 69.7 Å². The standard InChI is InChI=1S/C16H12BrF3N2O.C4H4O4/c1-22-9-11-6-13(4-5-14(11)17)23-15-7-12(16(18,19)20)3-2-10(15)8-21;5-3(6)1-2-4(7)8/h2-7,22H,9H2,1H3;1-2H,(H,5,6)(H,7,8)/b;2-1+. The number of halogens is 4. The van der Waals surface area contributed by atoms with E-state index in [1.54, 1.807) is 25.2 Å². The van der Waals surface area contributed by atoms with Crippen molar-refractivity contribution in [3.8, 4) is 17.6 Å². The predicted molar refractivity (Wildman–Crippen MR) is 108 cm³/mol. The van der Waals surface area contributed by atoms with Crippen LogP contribution in [-0.4, -0.2) is 29.2 Å². The molecular weight excluding hydrogens is 485 g/mol. The highest BCUT2D eigenvalue weighted by Crippen LogP contribution is 2.35. The maximum atomic E-state index is 12.8. The summed E-state index contributed by atoms with van der Waals surface area (Å²) < 4.78 is 44.8. The molecule has 31 heavy (non-hydrogen) atoms. The number of ether oxygens (including phenoxy) is 1. The molecule has 0 spiro atoms. The van der Waals surface area contributed by atoms with E-state index in [4.69, 9.17) is 20.2 Å². The van der Waals surface area contributed by atoms with Crippen molar-refractivity contribution in [2.75, 3.05) is 7.05 Å². The second kappa shape index (κ2) is 11.7. The second-order valence-electron chi connectivity index (χ2n) is 5.72. The van der Waals surface area contributed by atoms with Crippen molar-refractivity contribution in [3.63, 3.8) is 0 Å². The molecule has 7 nitrogen and oxygen atoms in total. The zero-order valence-corrected chi connectivity index (χ0v) is 17.5. The largest absolute Gasteiger partial charge is 0.478 e. The predicted octanol–water partition coefficient (Wildman–Crippen LogP) is 4.56. The third-order valence-electron chi connectivity index (χ3n) is 3.41. The Morgan fingerprint density at radius 2 is 1.77 bits per heavy atom. The number of aliphatic carboxylic acids is 2. The molecule has 0 atom stereocenters. The first kappa shape index (κ1) is 25.7. The summed E-state index contributed by atoms with van der Waals surface area (Å²) in [5, 5.41) is 27.6. The van der Waals surface area contributed by atoms with Crippen molar-refractivity contribution in [2.45, 2.75) is 12.7 Å². The van der Waals surface area contributed by atoms with Crippen molar-refractivity contribution in [1.82, 2.24) is 5.32 Å². The number of nitrogens with zero attached hydrogens (tertiary/aromatic N) is 1. The highest BCUT2D eigenvalue weighted by Gasteiger charge is 2.31. The molecule has 0 bridgehead atoms. The third-order valence-corrected chi connectivity index (χ3v) is 4.18. The van der Waals surface area contributed by atoms with Crippen LogP contribution in [0.15, 0.2) is 53.0 Å². The Balaban J connectivity index is 0.000000512. The number of carboxylic acid groups (broad SMARTS) is 2. The molecule has 0 amide bonds. The number of hydrogen-bond acceptors (Lipinski definition) is 5. The molecule has 2 rings (SSSR count). The van der Waals surface area contributed by atoms with Crippen LogP contribution in [0.4, 0.5) is 13.2 Å². The number of carboxylic acids is 2. The van der Waals surface area contributed by atoms with Gasteiger partial charge < -0.3 is 20.3 Å². The molecule has 0 aromatic heterocycles. The first-order valence-corrected chi connectivity index (χ1v) is 9.13.